The van der Waals surface area contributed by atoms with Gasteiger partial charge in [-0.1, -0.05) is 0 Å². The maximum Gasteiger partial charge on any atom is 0.326 e. The SMILES string of the molecule is CC(=O)NCCN(C(=O)CCC1CCCCO1)C(C)C(=O)O. The first-order valence-corrected chi connectivity index (χ1v) is 7.80. The second-order valence-electron chi connectivity index (χ2n) is 5.61. The number of hydrogen-bond donors (Lipinski definition) is 2. The van der Waals surface area contributed by atoms with Gasteiger partial charge in [0.2, 0.25) is 11.8 Å². The third-order valence-electron chi connectivity index (χ3n) is 3.83. The molecule has 7 heteroatoms. The molecule has 0 aromatic rings. The predicted octanol–water partition coefficient (Wildman–Crippen LogP) is 0.774. The molecule has 22 heavy (non-hydrogen) atoms. The van der Waals surface area contributed by atoms with Crippen molar-refractivity contribution in [3.8, 4) is 0 Å². The van der Waals surface area contributed by atoms with Crippen LogP contribution in [0.5, 0.6) is 0 Å². The lowest BCUT2D eigenvalue weighted by Crippen LogP contribution is -2.46. The van der Waals surface area contributed by atoms with E-state index in [0.29, 0.717) is 6.42 Å². The Bertz CT molecular complexity index is 393. The fourth-order valence-electron chi connectivity index (χ4n) is 2.48. The minimum absolute atomic E-state index is 0.0926. The summed E-state index contributed by atoms with van der Waals surface area (Å²) in [5, 5.41) is 11.7. The van der Waals surface area contributed by atoms with E-state index in [4.69, 9.17) is 9.84 Å². The summed E-state index contributed by atoms with van der Waals surface area (Å²) >= 11 is 0. The van der Waals surface area contributed by atoms with Gasteiger partial charge in [0, 0.05) is 33.0 Å². The van der Waals surface area contributed by atoms with Crippen LogP contribution < -0.4 is 5.32 Å². The summed E-state index contributed by atoms with van der Waals surface area (Å²) in [4.78, 5) is 35.6. The molecule has 1 aliphatic rings. The van der Waals surface area contributed by atoms with Crippen LogP contribution in [0, 0.1) is 0 Å². The second-order valence-corrected chi connectivity index (χ2v) is 5.61. The average molecular weight is 314 g/mol. The lowest BCUT2D eigenvalue weighted by atomic mass is 10.0. The first-order valence-electron chi connectivity index (χ1n) is 7.80. The predicted molar refractivity (Wildman–Crippen MR) is 80.3 cm³/mol. The van der Waals surface area contributed by atoms with Gasteiger partial charge in [-0.25, -0.2) is 4.79 Å². The van der Waals surface area contributed by atoms with E-state index in [9.17, 15) is 14.4 Å². The third-order valence-corrected chi connectivity index (χ3v) is 3.83. The number of rotatable bonds is 8. The van der Waals surface area contributed by atoms with Gasteiger partial charge in [0.05, 0.1) is 6.10 Å². The minimum Gasteiger partial charge on any atom is -0.480 e. The quantitative estimate of drug-likeness (QED) is 0.690. The molecule has 2 unspecified atom stereocenters. The van der Waals surface area contributed by atoms with Gasteiger partial charge < -0.3 is 20.1 Å². The molecule has 1 heterocycles. The standard InChI is InChI=1S/C15H26N2O5/c1-11(15(20)21)17(9-8-16-12(2)18)14(19)7-6-13-5-3-4-10-22-13/h11,13H,3-10H2,1-2H3,(H,16,18)(H,20,21). The largest absolute Gasteiger partial charge is 0.480 e. The van der Waals surface area contributed by atoms with Crippen molar-refractivity contribution >= 4 is 17.8 Å². The molecule has 0 aromatic carbocycles. The number of nitrogens with one attached hydrogen (secondary N) is 1. The van der Waals surface area contributed by atoms with Gasteiger partial charge in [-0.05, 0) is 32.6 Å². The Hall–Kier alpha value is -1.63. The normalized spacial score (nSPS) is 19.3. The number of carbonyl (C=O) groups excluding carboxylic acids is 2. The highest BCUT2D eigenvalue weighted by Crippen LogP contribution is 2.18. The fourth-order valence-corrected chi connectivity index (χ4v) is 2.48. The van der Waals surface area contributed by atoms with E-state index >= 15 is 0 Å². The van der Waals surface area contributed by atoms with Crippen LogP contribution in [0.2, 0.25) is 0 Å². The Morgan fingerprint density at radius 3 is 2.64 bits per heavy atom. The molecule has 1 aliphatic heterocycles. The summed E-state index contributed by atoms with van der Waals surface area (Å²) in [6.07, 6.45) is 4.09. The Labute approximate surface area is 131 Å². The van der Waals surface area contributed by atoms with Crippen molar-refractivity contribution in [3.63, 3.8) is 0 Å². The van der Waals surface area contributed by atoms with Crippen LogP contribution in [-0.2, 0) is 19.1 Å². The maximum absolute atomic E-state index is 12.3. The Kier molecular flexibility index (Phi) is 7.87. The summed E-state index contributed by atoms with van der Waals surface area (Å²) in [6, 6.07) is -0.909. The Morgan fingerprint density at radius 1 is 1.36 bits per heavy atom. The van der Waals surface area contributed by atoms with E-state index in [1.165, 1.54) is 18.7 Å². The molecule has 0 spiro atoms. The molecule has 0 aromatic heterocycles. The molecule has 0 saturated carbocycles. The molecule has 7 nitrogen and oxygen atoms in total. The summed E-state index contributed by atoms with van der Waals surface area (Å²) < 4.78 is 5.58. The van der Waals surface area contributed by atoms with E-state index in [1.54, 1.807) is 0 Å². The van der Waals surface area contributed by atoms with Crippen LogP contribution in [0.4, 0.5) is 0 Å². The second kappa shape index (κ2) is 9.40. The van der Waals surface area contributed by atoms with Gasteiger partial charge in [0.15, 0.2) is 0 Å². The number of aliphatic carboxylic acids is 1. The van der Waals surface area contributed by atoms with Crippen molar-refractivity contribution in [3.05, 3.63) is 0 Å². The highest BCUT2D eigenvalue weighted by atomic mass is 16.5. The zero-order valence-electron chi connectivity index (χ0n) is 13.3. The van der Waals surface area contributed by atoms with Crippen molar-refractivity contribution in [2.75, 3.05) is 19.7 Å². The summed E-state index contributed by atoms with van der Waals surface area (Å²) in [5.41, 5.74) is 0. The van der Waals surface area contributed by atoms with Crippen molar-refractivity contribution in [1.82, 2.24) is 10.2 Å². The van der Waals surface area contributed by atoms with E-state index in [0.717, 1.165) is 25.9 Å². The van der Waals surface area contributed by atoms with Gasteiger partial charge in [-0.2, -0.15) is 0 Å². The fraction of sp³-hybridized carbons (Fsp3) is 0.800. The van der Waals surface area contributed by atoms with Gasteiger partial charge >= 0.3 is 5.97 Å². The van der Waals surface area contributed by atoms with Crippen LogP contribution in [0.3, 0.4) is 0 Å². The zero-order valence-corrected chi connectivity index (χ0v) is 13.3. The first-order chi connectivity index (χ1) is 10.4. The molecular weight excluding hydrogens is 288 g/mol. The molecule has 2 amide bonds. The van der Waals surface area contributed by atoms with Gasteiger partial charge in [0.1, 0.15) is 6.04 Å². The van der Waals surface area contributed by atoms with Crippen molar-refractivity contribution in [1.29, 1.82) is 0 Å². The number of carboxylic acids is 1. The molecule has 2 atom stereocenters. The van der Waals surface area contributed by atoms with Crippen molar-refractivity contribution < 1.29 is 24.2 Å². The molecule has 0 aliphatic carbocycles. The van der Waals surface area contributed by atoms with Gasteiger partial charge in [-0.15, -0.1) is 0 Å². The lowest BCUT2D eigenvalue weighted by molar-refractivity contribution is -0.149. The molecule has 126 valence electrons. The van der Waals surface area contributed by atoms with E-state index in [1.807, 2.05) is 0 Å². The van der Waals surface area contributed by atoms with Crippen LogP contribution >= 0.6 is 0 Å². The molecule has 0 bridgehead atoms. The number of ether oxygens (including phenoxy) is 1. The van der Waals surface area contributed by atoms with Crippen LogP contribution in [0.15, 0.2) is 0 Å². The Balaban J connectivity index is 2.50. The lowest BCUT2D eigenvalue weighted by Gasteiger charge is -2.28. The minimum atomic E-state index is -1.05. The summed E-state index contributed by atoms with van der Waals surface area (Å²) in [6.45, 7) is 4.03. The van der Waals surface area contributed by atoms with E-state index in [2.05, 4.69) is 5.32 Å². The molecule has 1 fully saturated rings. The zero-order chi connectivity index (χ0) is 16.5. The molecule has 1 saturated heterocycles. The third kappa shape index (κ3) is 6.43. The molecule has 0 radical (unpaired) electrons. The van der Waals surface area contributed by atoms with Crippen LogP contribution in [-0.4, -0.2) is 59.6 Å². The van der Waals surface area contributed by atoms with Crippen LogP contribution in [0.1, 0.15) is 46.0 Å². The van der Waals surface area contributed by atoms with Gasteiger partial charge in [0.25, 0.3) is 0 Å². The summed E-state index contributed by atoms with van der Waals surface area (Å²) in [7, 11) is 0. The van der Waals surface area contributed by atoms with E-state index < -0.39 is 12.0 Å². The number of nitrogens with zero attached hydrogens (tertiary/aromatic N) is 1. The molecular formula is C15H26N2O5. The maximum atomic E-state index is 12.3. The van der Waals surface area contributed by atoms with E-state index in [-0.39, 0.29) is 37.4 Å². The highest BCUT2D eigenvalue weighted by Gasteiger charge is 2.26. The average Bonchev–Trinajstić information content (AvgIpc) is 2.49. The number of amides is 2. The van der Waals surface area contributed by atoms with Crippen molar-refractivity contribution in [2.45, 2.75) is 58.1 Å². The van der Waals surface area contributed by atoms with Crippen LogP contribution in [0.25, 0.3) is 0 Å². The summed E-state index contributed by atoms with van der Waals surface area (Å²) in [5.74, 6) is -1.47. The smallest absolute Gasteiger partial charge is 0.326 e. The highest BCUT2D eigenvalue weighted by molar-refractivity contribution is 5.83. The monoisotopic (exact) mass is 314 g/mol. The van der Waals surface area contributed by atoms with Crippen molar-refractivity contribution in [2.24, 2.45) is 0 Å². The Morgan fingerprint density at radius 2 is 2.09 bits per heavy atom. The molecule has 2 N–H and O–H groups in total. The molecule has 1 rings (SSSR count). The first kappa shape index (κ1) is 18.4. The van der Waals surface area contributed by atoms with Gasteiger partial charge in [-0.3, -0.25) is 9.59 Å². The number of hydrogen-bond acceptors (Lipinski definition) is 4. The topological polar surface area (TPSA) is 95.9 Å². The number of carbonyl (C=O) groups is 3. The number of carboxylic acid groups (broad SMARTS) is 1.